The Kier molecular flexibility index (Phi) is 2.61. The summed E-state index contributed by atoms with van der Waals surface area (Å²) in [4.78, 5) is 22.1. The second-order valence-electron chi connectivity index (χ2n) is 4.94. The highest BCUT2D eigenvalue weighted by molar-refractivity contribution is 5.92. The molecule has 1 aliphatic carbocycles. The molecule has 0 atom stereocenters. The first-order chi connectivity index (χ1) is 9.49. The molecule has 0 unspecified atom stereocenters. The molecule has 20 heavy (non-hydrogen) atoms. The van der Waals surface area contributed by atoms with Crippen LogP contribution in [0.1, 0.15) is 44.7 Å². The van der Waals surface area contributed by atoms with Crippen molar-refractivity contribution in [3.8, 4) is 11.1 Å². The van der Waals surface area contributed by atoms with Gasteiger partial charge in [-0.1, -0.05) is 19.1 Å². The van der Waals surface area contributed by atoms with E-state index in [0.29, 0.717) is 0 Å². The van der Waals surface area contributed by atoms with Gasteiger partial charge in [0, 0.05) is 5.92 Å². The predicted octanol–water partition coefficient (Wildman–Crippen LogP) is 3.22. The Morgan fingerprint density at radius 3 is 1.60 bits per heavy atom. The summed E-state index contributed by atoms with van der Waals surface area (Å²) in [5, 5.41) is 18.1. The quantitative estimate of drug-likeness (QED) is 0.877. The molecular formula is C16H12O4. The molecule has 0 amide bonds. The minimum atomic E-state index is -0.956. The van der Waals surface area contributed by atoms with Crippen molar-refractivity contribution in [1.29, 1.82) is 0 Å². The number of carboxylic acid groups (broad SMARTS) is 2. The molecule has 0 spiro atoms. The Bertz CT molecular complexity index is 683. The number of carbonyl (C=O) groups is 2. The lowest BCUT2D eigenvalue weighted by atomic mass is 9.97. The molecule has 0 radical (unpaired) electrons. The zero-order chi connectivity index (χ0) is 14.4. The number of hydrogen-bond acceptors (Lipinski definition) is 2. The second kappa shape index (κ2) is 4.20. The van der Waals surface area contributed by atoms with Crippen LogP contribution in [0.4, 0.5) is 0 Å². The zero-order valence-corrected chi connectivity index (χ0v) is 10.8. The summed E-state index contributed by atoms with van der Waals surface area (Å²) in [5.74, 6) is -1.91. The largest absolute Gasteiger partial charge is 0.478 e. The molecule has 0 saturated heterocycles. The molecule has 0 bridgehead atoms. The summed E-state index contributed by atoms with van der Waals surface area (Å²) in [6.45, 7) is 1.96. The van der Waals surface area contributed by atoms with Gasteiger partial charge < -0.3 is 10.2 Å². The predicted molar refractivity (Wildman–Crippen MR) is 73.3 cm³/mol. The molecular weight excluding hydrogens is 256 g/mol. The van der Waals surface area contributed by atoms with E-state index in [1.807, 2.05) is 6.92 Å². The van der Waals surface area contributed by atoms with Crippen molar-refractivity contribution in [3.63, 3.8) is 0 Å². The fraction of sp³-hybridized carbons (Fsp3) is 0.125. The Labute approximate surface area is 115 Å². The third-order valence-corrected chi connectivity index (χ3v) is 3.82. The zero-order valence-electron chi connectivity index (χ0n) is 10.8. The standard InChI is InChI=1S/C16H12O4/c1-8-13-6-9(15(17)18)2-4-11(13)12-5-3-10(16(19)20)7-14(8)12/h2-8H,1H3,(H,17,18)(H,19,20). The summed E-state index contributed by atoms with van der Waals surface area (Å²) >= 11 is 0. The maximum absolute atomic E-state index is 11.0. The van der Waals surface area contributed by atoms with E-state index in [2.05, 4.69) is 0 Å². The average molecular weight is 268 g/mol. The van der Waals surface area contributed by atoms with Crippen molar-refractivity contribution >= 4 is 11.9 Å². The molecule has 2 N–H and O–H groups in total. The Hall–Kier alpha value is -2.62. The maximum Gasteiger partial charge on any atom is 0.335 e. The molecule has 0 saturated carbocycles. The highest BCUT2D eigenvalue weighted by Crippen LogP contribution is 2.45. The SMILES string of the molecule is CC1c2cc(C(=O)O)ccc2-c2ccc(C(=O)O)cc21. The molecule has 4 nitrogen and oxygen atoms in total. The van der Waals surface area contributed by atoms with Gasteiger partial charge in [-0.3, -0.25) is 0 Å². The second-order valence-corrected chi connectivity index (χ2v) is 4.94. The molecule has 2 aromatic carbocycles. The van der Waals surface area contributed by atoms with Gasteiger partial charge in [0.25, 0.3) is 0 Å². The van der Waals surface area contributed by atoms with Crippen LogP contribution in [-0.2, 0) is 0 Å². The molecule has 0 aromatic heterocycles. The molecule has 4 heteroatoms. The van der Waals surface area contributed by atoms with Crippen LogP contribution in [0.2, 0.25) is 0 Å². The normalized spacial score (nSPS) is 12.8. The van der Waals surface area contributed by atoms with Crippen LogP contribution in [0.3, 0.4) is 0 Å². The number of aromatic carboxylic acids is 2. The Morgan fingerprint density at radius 1 is 0.850 bits per heavy atom. The van der Waals surface area contributed by atoms with Crippen LogP contribution in [-0.4, -0.2) is 22.2 Å². The third kappa shape index (κ3) is 1.69. The fourth-order valence-electron chi connectivity index (χ4n) is 2.77. The Balaban J connectivity index is 2.18. The van der Waals surface area contributed by atoms with E-state index < -0.39 is 11.9 Å². The highest BCUT2D eigenvalue weighted by atomic mass is 16.4. The van der Waals surface area contributed by atoms with Crippen LogP contribution < -0.4 is 0 Å². The number of carboxylic acids is 2. The van der Waals surface area contributed by atoms with Gasteiger partial charge in [0.2, 0.25) is 0 Å². The van der Waals surface area contributed by atoms with Crippen molar-refractivity contribution in [3.05, 3.63) is 58.7 Å². The average Bonchev–Trinajstić information content (AvgIpc) is 2.71. The van der Waals surface area contributed by atoms with E-state index in [0.717, 1.165) is 22.3 Å². The summed E-state index contributed by atoms with van der Waals surface area (Å²) in [7, 11) is 0. The van der Waals surface area contributed by atoms with Crippen molar-refractivity contribution < 1.29 is 19.8 Å². The minimum absolute atomic E-state index is 0.00130. The van der Waals surface area contributed by atoms with Gasteiger partial charge in [0.1, 0.15) is 0 Å². The molecule has 1 aliphatic rings. The maximum atomic E-state index is 11.0. The van der Waals surface area contributed by atoms with Gasteiger partial charge in [0.15, 0.2) is 0 Å². The lowest BCUT2D eigenvalue weighted by molar-refractivity contribution is 0.0686. The van der Waals surface area contributed by atoms with Crippen LogP contribution in [0, 0.1) is 0 Å². The van der Waals surface area contributed by atoms with Crippen molar-refractivity contribution in [2.45, 2.75) is 12.8 Å². The van der Waals surface area contributed by atoms with Gasteiger partial charge in [-0.25, -0.2) is 9.59 Å². The van der Waals surface area contributed by atoms with Crippen LogP contribution in [0.5, 0.6) is 0 Å². The van der Waals surface area contributed by atoms with Gasteiger partial charge in [0.05, 0.1) is 11.1 Å². The molecule has 0 fully saturated rings. The number of hydrogen-bond donors (Lipinski definition) is 2. The summed E-state index contributed by atoms with van der Waals surface area (Å²) in [6, 6.07) is 10.1. The smallest absolute Gasteiger partial charge is 0.335 e. The third-order valence-electron chi connectivity index (χ3n) is 3.82. The van der Waals surface area contributed by atoms with E-state index in [9.17, 15) is 9.59 Å². The first kappa shape index (κ1) is 12.4. The highest BCUT2D eigenvalue weighted by Gasteiger charge is 2.27. The van der Waals surface area contributed by atoms with Crippen LogP contribution in [0.25, 0.3) is 11.1 Å². The molecule has 2 aromatic rings. The van der Waals surface area contributed by atoms with Gasteiger partial charge in [-0.15, -0.1) is 0 Å². The van der Waals surface area contributed by atoms with Gasteiger partial charge in [-0.2, -0.15) is 0 Å². The van der Waals surface area contributed by atoms with Crippen LogP contribution >= 0.6 is 0 Å². The number of benzene rings is 2. The lowest BCUT2D eigenvalue weighted by Crippen LogP contribution is -1.99. The monoisotopic (exact) mass is 268 g/mol. The Morgan fingerprint density at radius 2 is 1.25 bits per heavy atom. The number of fused-ring (bicyclic) bond motifs is 3. The van der Waals surface area contributed by atoms with E-state index in [-0.39, 0.29) is 17.0 Å². The van der Waals surface area contributed by atoms with Crippen LogP contribution in [0.15, 0.2) is 36.4 Å². The first-order valence-electron chi connectivity index (χ1n) is 6.24. The van der Waals surface area contributed by atoms with Gasteiger partial charge in [-0.05, 0) is 46.5 Å². The van der Waals surface area contributed by atoms with E-state index >= 15 is 0 Å². The van der Waals surface area contributed by atoms with Gasteiger partial charge >= 0.3 is 11.9 Å². The van der Waals surface area contributed by atoms with Crippen molar-refractivity contribution in [2.75, 3.05) is 0 Å². The number of rotatable bonds is 2. The molecule has 100 valence electrons. The topological polar surface area (TPSA) is 74.6 Å². The molecule has 3 rings (SSSR count). The van der Waals surface area contributed by atoms with E-state index in [1.165, 1.54) is 0 Å². The summed E-state index contributed by atoms with van der Waals surface area (Å²) < 4.78 is 0. The van der Waals surface area contributed by atoms with E-state index in [4.69, 9.17) is 10.2 Å². The minimum Gasteiger partial charge on any atom is -0.478 e. The molecule has 0 aliphatic heterocycles. The summed E-state index contributed by atoms with van der Waals surface area (Å²) in [5.41, 5.74) is 4.33. The van der Waals surface area contributed by atoms with Crippen molar-refractivity contribution in [1.82, 2.24) is 0 Å². The molecule has 0 heterocycles. The van der Waals surface area contributed by atoms with Crippen molar-refractivity contribution in [2.24, 2.45) is 0 Å². The fourth-order valence-corrected chi connectivity index (χ4v) is 2.77. The lowest BCUT2D eigenvalue weighted by Gasteiger charge is -2.07. The summed E-state index contributed by atoms with van der Waals surface area (Å²) in [6.07, 6.45) is 0. The first-order valence-corrected chi connectivity index (χ1v) is 6.24. The van der Waals surface area contributed by atoms with E-state index in [1.54, 1.807) is 36.4 Å².